The number of hydrogen-bond donors (Lipinski definition) is 0. The second-order valence-electron chi connectivity index (χ2n) is 8.41. The Morgan fingerprint density at radius 1 is 0.455 bits per heavy atom. The summed E-state index contributed by atoms with van der Waals surface area (Å²) in [5, 5.41) is 6.18. The standard InChI is InChI=1S/C31H20N2/c1-3-11-21(12-4-1)31-25-19-20-28-30(29(25)23-15-7-9-17-26(23)32-31)24-16-8-10-18-27(24)33(28)22-13-5-2-6-14-22/h1-20H. The molecular formula is C31H20N2. The van der Waals surface area contributed by atoms with E-state index in [9.17, 15) is 0 Å². The van der Waals surface area contributed by atoms with Gasteiger partial charge in [0.25, 0.3) is 0 Å². The summed E-state index contributed by atoms with van der Waals surface area (Å²) in [5.41, 5.74) is 6.79. The molecule has 2 aromatic heterocycles. The fraction of sp³-hybridized carbons (Fsp3) is 0. The van der Waals surface area contributed by atoms with Gasteiger partial charge in [0, 0.05) is 38.2 Å². The number of hydrogen-bond acceptors (Lipinski definition) is 1. The Hall–Kier alpha value is -4.43. The maximum absolute atomic E-state index is 5.12. The summed E-state index contributed by atoms with van der Waals surface area (Å²) in [6.07, 6.45) is 0. The molecule has 0 unspecified atom stereocenters. The first kappa shape index (κ1) is 18.2. The number of rotatable bonds is 2. The van der Waals surface area contributed by atoms with Gasteiger partial charge in [0.2, 0.25) is 0 Å². The maximum Gasteiger partial charge on any atom is 0.0788 e. The normalized spacial score (nSPS) is 11.6. The first-order chi connectivity index (χ1) is 16.4. The minimum absolute atomic E-state index is 1.02. The molecule has 0 aliphatic carbocycles. The molecule has 0 N–H and O–H groups in total. The molecule has 0 aliphatic heterocycles. The van der Waals surface area contributed by atoms with Gasteiger partial charge >= 0.3 is 0 Å². The lowest BCUT2D eigenvalue weighted by molar-refractivity contribution is 1.18. The van der Waals surface area contributed by atoms with Gasteiger partial charge in [-0.05, 0) is 30.3 Å². The summed E-state index contributed by atoms with van der Waals surface area (Å²) >= 11 is 0. The molecule has 0 aliphatic rings. The lowest BCUT2D eigenvalue weighted by Crippen LogP contribution is -1.94. The first-order valence-electron chi connectivity index (χ1n) is 11.3. The third kappa shape index (κ3) is 2.64. The lowest BCUT2D eigenvalue weighted by Gasteiger charge is -2.12. The van der Waals surface area contributed by atoms with E-state index in [-0.39, 0.29) is 0 Å². The molecule has 0 fully saturated rings. The average Bonchev–Trinajstić information content (AvgIpc) is 3.23. The molecule has 0 atom stereocenters. The van der Waals surface area contributed by atoms with Gasteiger partial charge in [-0.2, -0.15) is 0 Å². The monoisotopic (exact) mass is 420 g/mol. The zero-order valence-corrected chi connectivity index (χ0v) is 17.9. The Morgan fingerprint density at radius 2 is 1.12 bits per heavy atom. The van der Waals surface area contributed by atoms with Crippen molar-refractivity contribution in [3.8, 4) is 16.9 Å². The van der Waals surface area contributed by atoms with Crippen LogP contribution in [0.5, 0.6) is 0 Å². The molecule has 7 rings (SSSR count). The van der Waals surface area contributed by atoms with Gasteiger partial charge in [-0.15, -0.1) is 0 Å². The van der Waals surface area contributed by atoms with Crippen LogP contribution in [0.2, 0.25) is 0 Å². The fourth-order valence-electron chi connectivity index (χ4n) is 5.17. The average molecular weight is 421 g/mol. The third-order valence-electron chi connectivity index (χ3n) is 6.56. The molecule has 0 spiro atoms. The highest BCUT2D eigenvalue weighted by Gasteiger charge is 2.18. The number of nitrogens with zero attached hydrogens (tertiary/aromatic N) is 2. The molecule has 2 nitrogen and oxygen atoms in total. The molecule has 5 aromatic carbocycles. The van der Waals surface area contributed by atoms with Crippen molar-refractivity contribution in [3.05, 3.63) is 121 Å². The van der Waals surface area contributed by atoms with Crippen LogP contribution in [-0.4, -0.2) is 9.55 Å². The minimum Gasteiger partial charge on any atom is -0.309 e. The number of fused-ring (bicyclic) bond motifs is 7. The molecule has 154 valence electrons. The molecule has 0 saturated heterocycles. The van der Waals surface area contributed by atoms with Crippen molar-refractivity contribution < 1.29 is 0 Å². The predicted octanol–water partition coefficient (Wildman–Crippen LogP) is 8.15. The van der Waals surface area contributed by atoms with Crippen LogP contribution in [-0.2, 0) is 0 Å². The van der Waals surface area contributed by atoms with E-state index in [2.05, 4.69) is 126 Å². The first-order valence-corrected chi connectivity index (χ1v) is 11.3. The second-order valence-corrected chi connectivity index (χ2v) is 8.41. The second kappa shape index (κ2) is 7.04. The van der Waals surface area contributed by atoms with Crippen molar-refractivity contribution in [2.24, 2.45) is 0 Å². The maximum atomic E-state index is 5.12. The Morgan fingerprint density at radius 3 is 1.94 bits per heavy atom. The van der Waals surface area contributed by atoms with Crippen molar-refractivity contribution >= 4 is 43.5 Å². The Kier molecular flexibility index (Phi) is 3.88. The summed E-state index contributed by atoms with van der Waals surface area (Å²) in [5.74, 6) is 0. The van der Waals surface area contributed by atoms with E-state index in [1.54, 1.807) is 0 Å². The molecule has 0 saturated carbocycles. The Bertz CT molecular complexity index is 1800. The van der Waals surface area contributed by atoms with E-state index >= 15 is 0 Å². The van der Waals surface area contributed by atoms with Crippen LogP contribution >= 0.6 is 0 Å². The fourth-order valence-corrected chi connectivity index (χ4v) is 5.17. The zero-order valence-electron chi connectivity index (χ0n) is 17.9. The molecule has 2 heterocycles. The van der Waals surface area contributed by atoms with Gasteiger partial charge in [0.05, 0.1) is 22.2 Å². The van der Waals surface area contributed by atoms with Gasteiger partial charge in [-0.1, -0.05) is 91.0 Å². The molecule has 0 bridgehead atoms. The van der Waals surface area contributed by atoms with Gasteiger partial charge in [-0.3, -0.25) is 0 Å². The van der Waals surface area contributed by atoms with Crippen molar-refractivity contribution in [2.75, 3.05) is 0 Å². The van der Waals surface area contributed by atoms with E-state index in [1.165, 1.54) is 43.7 Å². The highest BCUT2D eigenvalue weighted by molar-refractivity contribution is 6.29. The SMILES string of the molecule is c1ccc(-c2nc3ccccc3c3c2ccc2c3c3ccccc3n2-c2ccccc2)cc1. The van der Waals surface area contributed by atoms with Crippen LogP contribution < -0.4 is 0 Å². The number of pyridine rings is 1. The van der Waals surface area contributed by atoms with Gasteiger partial charge in [-0.25, -0.2) is 4.98 Å². The van der Waals surface area contributed by atoms with E-state index in [0.717, 1.165) is 16.8 Å². The van der Waals surface area contributed by atoms with E-state index in [1.807, 2.05) is 0 Å². The highest BCUT2D eigenvalue weighted by atomic mass is 15.0. The number of para-hydroxylation sites is 3. The summed E-state index contributed by atoms with van der Waals surface area (Å²) in [6.45, 7) is 0. The van der Waals surface area contributed by atoms with Crippen LogP contribution in [0.15, 0.2) is 121 Å². The van der Waals surface area contributed by atoms with Crippen molar-refractivity contribution in [1.29, 1.82) is 0 Å². The molecule has 0 amide bonds. The van der Waals surface area contributed by atoms with E-state index < -0.39 is 0 Å². The van der Waals surface area contributed by atoms with Gasteiger partial charge in [0.1, 0.15) is 0 Å². The largest absolute Gasteiger partial charge is 0.309 e. The smallest absolute Gasteiger partial charge is 0.0788 e. The summed E-state index contributed by atoms with van der Waals surface area (Å²) in [6, 6.07) is 42.9. The van der Waals surface area contributed by atoms with Crippen LogP contribution in [0.1, 0.15) is 0 Å². The molecule has 7 aromatic rings. The molecule has 2 heteroatoms. The van der Waals surface area contributed by atoms with Crippen LogP contribution in [0.3, 0.4) is 0 Å². The lowest BCUT2D eigenvalue weighted by atomic mass is 9.96. The summed E-state index contributed by atoms with van der Waals surface area (Å²) < 4.78 is 2.38. The minimum atomic E-state index is 1.02. The van der Waals surface area contributed by atoms with Crippen LogP contribution in [0.25, 0.3) is 60.4 Å². The number of aromatic nitrogens is 2. The van der Waals surface area contributed by atoms with Crippen molar-refractivity contribution in [1.82, 2.24) is 9.55 Å². The molecular weight excluding hydrogens is 400 g/mol. The molecule has 0 radical (unpaired) electrons. The van der Waals surface area contributed by atoms with Crippen molar-refractivity contribution in [3.63, 3.8) is 0 Å². The van der Waals surface area contributed by atoms with E-state index in [0.29, 0.717) is 0 Å². The quantitative estimate of drug-likeness (QED) is 0.258. The summed E-state index contributed by atoms with van der Waals surface area (Å²) in [4.78, 5) is 5.12. The van der Waals surface area contributed by atoms with Crippen LogP contribution in [0.4, 0.5) is 0 Å². The predicted molar refractivity (Wildman–Crippen MR) is 139 cm³/mol. The van der Waals surface area contributed by atoms with Crippen molar-refractivity contribution in [2.45, 2.75) is 0 Å². The van der Waals surface area contributed by atoms with Crippen LogP contribution in [0, 0.1) is 0 Å². The van der Waals surface area contributed by atoms with Gasteiger partial charge in [0.15, 0.2) is 0 Å². The van der Waals surface area contributed by atoms with E-state index in [4.69, 9.17) is 4.98 Å². The third-order valence-corrected chi connectivity index (χ3v) is 6.56. The molecule has 33 heavy (non-hydrogen) atoms. The van der Waals surface area contributed by atoms with Gasteiger partial charge < -0.3 is 4.57 Å². The Balaban J connectivity index is 1.75. The summed E-state index contributed by atoms with van der Waals surface area (Å²) in [7, 11) is 0. The number of benzene rings is 5. The Labute approximate surface area is 191 Å². The highest BCUT2D eigenvalue weighted by Crippen LogP contribution is 2.42. The topological polar surface area (TPSA) is 17.8 Å². The zero-order chi connectivity index (χ0) is 21.8.